The van der Waals surface area contributed by atoms with Crippen molar-refractivity contribution in [3.8, 4) is 0 Å². The minimum atomic E-state index is -0.474. The predicted molar refractivity (Wildman–Crippen MR) is 89.1 cm³/mol. The molecular weight excluding hydrogens is 292 g/mol. The summed E-state index contributed by atoms with van der Waals surface area (Å²) in [6.07, 6.45) is 1.65. The van der Waals surface area contributed by atoms with Crippen molar-refractivity contribution < 1.29 is 14.3 Å². The molecule has 1 heterocycles. The maximum Gasteiger partial charge on any atom is 0.410 e. The molecule has 0 unspecified atom stereocenters. The second-order valence-corrected chi connectivity index (χ2v) is 6.97. The van der Waals surface area contributed by atoms with E-state index in [9.17, 15) is 9.59 Å². The molecule has 5 heteroatoms. The van der Waals surface area contributed by atoms with Gasteiger partial charge in [0, 0.05) is 19.1 Å². The van der Waals surface area contributed by atoms with Crippen LogP contribution in [0.4, 0.5) is 4.79 Å². The summed E-state index contributed by atoms with van der Waals surface area (Å²) >= 11 is 0. The minimum absolute atomic E-state index is 0.0342. The number of nitrogens with zero attached hydrogens (tertiary/aromatic N) is 1. The molecule has 0 aliphatic carbocycles. The first kappa shape index (κ1) is 17.3. The summed E-state index contributed by atoms with van der Waals surface area (Å²) in [5.41, 5.74) is 0.536. The standard InChI is InChI=1S/C18H26N2O3/c1-18(2,3)23-17(22)20-11-9-15(10-12-20)19-16(21)13-14-7-5-4-6-8-14/h4-8,15H,9-13H2,1-3H3,(H,19,21). The van der Waals surface area contributed by atoms with E-state index in [0.29, 0.717) is 19.5 Å². The molecule has 1 fully saturated rings. The van der Waals surface area contributed by atoms with E-state index in [1.165, 1.54) is 0 Å². The Morgan fingerprint density at radius 3 is 2.35 bits per heavy atom. The van der Waals surface area contributed by atoms with Gasteiger partial charge in [-0.2, -0.15) is 0 Å². The average Bonchev–Trinajstić information content (AvgIpc) is 2.47. The molecule has 1 aliphatic heterocycles. The molecule has 0 saturated carbocycles. The molecule has 1 aromatic carbocycles. The molecule has 1 N–H and O–H groups in total. The molecule has 0 bridgehead atoms. The normalized spacial score (nSPS) is 16.0. The summed E-state index contributed by atoms with van der Waals surface area (Å²) in [4.78, 5) is 25.8. The lowest BCUT2D eigenvalue weighted by atomic mass is 10.0. The number of likely N-dealkylation sites (tertiary alicyclic amines) is 1. The Bertz CT molecular complexity index is 529. The van der Waals surface area contributed by atoms with E-state index in [0.717, 1.165) is 18.4 Å². The molecule has 2 amide bonds. The maximum absolute atomic E-state index is 12.1. The van der Waals surface area contributed by atoms with Gasteiger partial charge < -0.3 is 15.0 Å². The molecule has 0 atom stereocenters. The third kappa shape index (κ3) is 5.93. The molecule has 1 aromatic rings. The van der Waals surface area contributed by atoms with Crippen molar-refractivity contribution in [3.05, 3.63) is 35.9 Å². The number of amides is 2. The molecule has 5 nitrogen and oxygen atoms in total. The summed E-state index contributed by atoms with van der Waals surface area (Å²) in [7, 11) is 0. The smallest absolute Gasteiger partial charge is 0.410 e. The highest BCUT2D eigenvalue weighted by Crippen LogP contribution is 2.15. The Balaban J connectivity index is 1.74. The van der Waals surface area contributed by atoms with Crippen LogP contribution in [0, 0.1) is 0 Å². The summed E-state index contributed by atoms with van der Waals surface area (Å²) < 4.78 is 5.37. The van der Waals surface area contributed by atoms with Crippen LogP contribution in [0.2, 0.25) is 0 Å². The van der Waals surface area contributed by atoms with Gasteiger partial charge in [0.25, 0.3) is 0 Å². The van der Waals surface area contributed by atoms with E-state index in [4.69, 9.17) is 4.74 Å². The van der Waals surface area contributed by atoms with Crippen LogP contribution >= 0.6 is 0 Å². The van der Waals surface area contributed by atoms with Gasteiger partial charge in [0.15, 0.2) is 0 Å². The van der Waals surface area contributed by atoms with Crippen LogP contribution in [0.25, 0.3) is 0 Å². The highest BCUT2D eigenvalue weighted by Gasteiger charge is 2.27. The summed E-state index contributed by atoms with van der Waals surface area (Å²) in [5.74, 6) is 0.0342. The van der Waals surface area contributed by atoms with Crippen LogP contribution < -0.4 is 5.32 Å². The van der Waals surface area contributed by atoms with Gasteiger partial charge in [0.1, 0.15) is 5.60 Å². The molecule has 1 aliphatic rings. The van der Waals surface area contributed by atoms with E-state index in [1.54, 1.807) is 4.90 Å². The fraction of sp³-hybridized carbons (Fsp3) is 0.556. The van der Waals surface area contributed by atoms with Crippen molar-refractivity contribution in [2.75, 3.05) is 13.1 Å². The zero-order valence-corrected chi connectivity index (χ0v) is 14.2. The van der Waals surface area contributed by atoms with Crippen molar-refractivity contribution in [3.63, 3.8) is 0 Å². The number of piperidine rings is 1. The zero-order chi connectivity index (χ0) is 16.9. The van der Waals surface area contributed by atoms with Crippen LogP contribution in [0.15, 0.2) is 30.3 Å². The zero-order valence-electron chi connectivity index (χ0n) is 14.2. The summed E-state index contributed by atoms with van der Waals surface area (Å²) in [5, 5.41) is 3.06. The van der Waals surface area contributed by atoms with Gasteiger partial charge in [-0.3, -0.25) is 4.79 Å². The fourth-order valence-electron chi connectivity index (χ4n) is 2.59. The topological polar surface area (TPSA) is 58.6 Å². The van der Waals surface area contributed by atoms with Gasteiger partial charge in [-0.05, 0) is 39.2 Å². The lowest BCUT2D eigenvalue weighted by Gasteiger charge is -2.33. The molecule has 23 heavy (non-hydrogen) atoms. The third-order valence-corrected chi connectivity index (χ3v) is 3.72. The number of benzene rings is 1. The third-order valence-electron chi connectivity index (χ3n) is 3.72. The number of hydrogen-bond acceptors (Lipinski definition) is 3. The molecule has 2 rings (SSSR count). The van der Waals surface area contributed by atoms with Gasteiger partial charge in [0.05, 0.1) is 6.42 Å². The first-order chi connectivity index (χ1) is 10.8. The Labute approximate surface area is 138 Å². The Hall–Kier alpha value is -2.04. The average molecular weight is 318 g/mol. The first-order valence-electron chi connectivity index (χ1n) is 8.15. The Morgan fingerprint density at radius 2 is 1.78 bits per heavy atom. The van der Waals surface area contributed by atoms with E-state index in [2.05, 4.69) is 5.32 Å². The van der Waals surface area contributed by atoms with Crippen LogP contribution in [0.3, 0.4) is 0 Å². The SMILES string of the molecule is CC(C)(C)OC(=O)N1CCC(NC(=O)Cc2ccccc2)CC1. The molecule has 0 radical (unpaired) electrons. The fourth-order valence-corrected chi connectivity index (χ4v) is 2.59. The van der Waals surface area contributed by atoms with E-state index in [1.807, 2.05) is 51.1 Å². The Kier molecular flexibility index (Phi) is 5.64. The summed E-state index contributed by atoms with van der Waals surface area (Å²) in [6.45, 7) is 6.82. The highest BCUT2D eigenvalue weighted by atomic mass is 16.6. The van der Waals surface area contributed by atoms with E-state index in [-0.39, 0.29) is 18.0 Å². The minimum Gasteiger partial charge on any atom is -0.444 e. The number of ether oxygens (including phenoxy) is 1. The van der Waals surface area contributed by atoms with Crippen molar-refractivity contribution in [1.29, 1.82) is 0 Å². The number of hydrogen-bond donors (Lipinski definition) is 1. The lowest BCUT2D eigenvalue weighted by Crippen LogP contribution is -2.48. The molecular formula is C18H26N2O3. The first-order valence-corrected chi connectivity index (χ1v) is 8.15. The largest absolute Gasteiger partial charge is 0.444 e. The van der Waals surface area contributed by atoms with E-state index < -0.39 is 5.60 Å². The van der Waals surface area contributed by atoms with Gasteiger partial charge in [-0.1, -0.05) is 30.3 Å². The van der Waals surface area contributed by atoms with Crippen LogP contribution in [-0.2, 0) is 16.0 Å². The number of carbonyl (C=O) groups is 2. The Morgan fingerprint density at radius 1 is 1.17 bits per heavy atom. The second-order valence-electron chi connectivity index (χ2n) is 6.97. The maximum atomic E-state index is 12.1. The molecule has 1 saturated heterocycles. The van der Waals surface area contributed by atoms with Crippen LogP contribution in [0.1, 0.15) is 39.2 Å². The van der Waals surface area contributed by atoms with Gasteiger partial charge >= 0.3 is 6.09 Å². The highest BCUT2D eigenvalue weighted by molar-refractivity contribution is 5.78. The second kappa shape index (κ2) is 7.49. The van der Waals surface area contributed by atoms with Crippen LogP contribution in [0.5, 0.6) is 0 Å². The lowest BCUT2D eigenvalue weighted by molar-refractivity contribution is -0.121. The van der Waals surface area contributed by atoms with Crippen molar-refractivity contribution in [2.45, 2.75) is 51.7 Å². The van der Waals surface area contributed by atoms with Gasteiger partial charge in [-0.25, -0.2) is 4.79 Å². The van der Waals surface area contributed by atoms with Gasteiger partial charge in [0.2, 0.25) is 5.91 Å². The summed E-state index contributed by atoms with van der Waals surface area (Å²) in [6, 6.07) is 9.83. The van der Waals surface area contributed by atoms with E-state index >= 15 is 0 Å². The van der Waals surface area contributed by atoms with Crippen molar-refractivity contribution in [2.24, 2.45) is 0 Å². The molecule has 126 valence electrons. The number of carbonyl (C=O) groups excluding carboxylic acids is 2. The van der Waals surface area contributed by atoms with Crippen molar-refractivity contribution >= 4 is 12.0 Å². The molecule has 0 aromatic heterocycles. The quantitative estimate of drug-likeness (QED) is 0.932. The number of nitrogens with one attached hydrogen (secondary N) is 1. The van der Waals surface area contributed by atoms with Crippen LogP contribution in [-0.4, -0.2) is 41.6 Å². The monoisotopic (exact) mass is 318 g/mol. The van der Waals surface area contributed by atoms with Gasteiger partial charge in [-0.15, -0.1) is 0 Å². The number of rotatable bonds is 3. The predicted octanol–water partition coefficient (Wildman–Crippen LogP) is 2.74. The van der Waals surface area contributed by atoms with Crippen molar-refractivity contribution in [1.82, 2.24) is 10.2 Å². The molecule has 0 spiro atoms.